The molecule has 1 fully saturated rings. The van der Waals surface area contributed by atoms with Crippen LogP contribution in [0.15, 0.2) is 42.5 Å². The Hall–Kier alpha value is -1.98. The molecule has 114 valence electrons. The highest BCUT2D eigenvalue weighted by Crippen LogP contribution is 2.28. The predicted octanol–water partition coefficient (Wildman–Crippen LogP) is 3.43. The van der Waals surface area contributed by atoms with Gasteiger partial charge in [-0.1, -0.05) is 12.1 Å². The van der Waals surface area contributed by atoms with Crippen LogP contribution in [0.5, 0.6) is 0 Å². The highest BCUT2D eigenvalue weighted by Gasteiger charge is 2.14. The van der Waals surface area contributed by atoms with E-state index in [9.17, 15) is 9.18 Å². The zero-order valence-corrected chi connectivity index (χ0v) is 12.8. The second-order valence-electron chi connectivity index (χ2n) is 4.98. The molecule has 2 aromatic rings. The lowest BCUT2D eigenvalue weighted by Gasteiger charge is -2.25. The van der Waals surface area contributed by atoms with Crippen molar-refractivity contribution in [2.75, 3.05) is 26.3 Å². The van der Waals surface area contributed by atoms with Crippen LogP contribution in [-0.4, -0.2) is 37.1 Å². The molecule has 0 N–H and O–H groups in total. The minimum absolute atomic E-state index is 0.0139. The van der Waals surface area contributed by atoms with Gasteiger partial charge in [0.2, 0.25) is 5.91 Å². The van der Waals surface area contributed by atoms with Crippen molar-refractivity contribution in [3.05, 3.63) is 53.2 Å². The number of morpholine rings is 1. The van der Waals surface area contributed by atoms with E-state index in [1.54, 1.807) is 34.4 Å². The second-order valence-corrected chi connectivity index (χ2v) is 6.10. The second kappa shape index (κ2) is 6.85. The fourth-order valence-electron chi connectivity index (χ4n) is 2.25. The summed E-state index contributed by atoms with van der Waals surface area (Å²) in [5.41, 5.74) is 0.977. The Balaban J connectivity index is 1.67. The van der Waals surface area contributed by atoms with Crippen molar-refractivity contribution in [3.8, 4) is 10.4 Å². The largest absolute Gasteiger partial charge is 0.378 e. The monoisotopic (exact) mass is 317 g/mol. The van der Waals surface area contributed by atoms with Gasteiger partial charge >= 0.3 is 0 Å². The Kier molecular flexibility index (Phi) is 4.65. The molecule has 1 aromatic carbocycles. The van der Waals surface area contributed by atoms with Crippen LogP contribution in [0.1, 0.15) is 4.88 Å². The molecule has 0 aliphatic carbocycles. The first-order valence-electron chi connectivity index (χ1n) is 7.13. The average Bonchev–Trinajstić information content (AvgIpc) is 3.03. The van der Waals surface area contributed by atoms with E-state index in [1.807, 2.05) is 18.2 Å². The number of hydrogen-bond donors (Lipinski definition) is 0. The lowest BCUT2D eigenvalue weighted by molar-refractivity contribution is -0.129. The van der Waals surface area contributed by atoms with Crippen molar-refractivity contribution in [2.45, 2.75) is 0 Å². The summed E-state index contributed by atoms with van der Waals surface area (Å²) >= 11 is 1.58. The van der Waals surface area contributed by atoms with Gasteiger partial charge in [-0.05, 0) is 35.9 Å². The van der Waals surface area contributed by atoms with Crippen molar-refractivity contribution in [3.63, 3.8) is 0 Å². The first-order chi connectivity index (χ1) is 10.7. The molecule has 0 spiro atoms. The molecule has 1 aromatic heterocycles. The third-order valence-corrected chi connectivity index (χ3v) is 4.57. The van der Waals surface area contributed by atoms with Crippen molar-refractivity contribution >= 4 is 23.3 Å². The van der Waals surface area contributed by atoms with Gasteiger partial charge in [0, 0.05) is 28.9 Å². The van der Waals surface area contributed by atoms with Gasteiger partial charge in [-0.25, -0.2) is 4.39 Å². The summed E-state index contributed by atoms with van der Waals surface area (Å²) in [5, 5.41) is 0. The van der Waals surface area contributed by atoms with Crippen molar-refractivity contribution in [1.82, 2.24) is 4.90 Å². The molecule has 22 heavy (non-hydrogen) atoms. The van der Waals surface area contributed by atoms with Gasteiger partial charge < -0.3 is 9.64 Å². The van der Waals surface area contributed by atoms with E-state index in [4.69, 9.17) is 4.74 Å². The highest BCUT2D eigenvalue weighted by molar-refractivity contribution is 7.16. The van der Waals surface area contributed by atoms with Gasteiger partial charge in [-0.15, -0.1) is 11.3 Å². The normalized spacial score (nSPS) is 15.4. The van der Waals surface area contributed by atoms with E-state index >= 15 is 0 Å². The molecule has 3 nitrogen and oxygen atoms in total. The molecule has 0 unspecified atom stereocenters. The number of nitrogens with zero attached hydrogens (tertiary/aromatic N) is 1. The number of rotatable bonds is 3. The average molecular weight is 317 g/mol. The van der Waals surface area contributed by atoms with Crippen LogP contribution >= 0.6 is 11.3 Å². The number of carbonyl (C=O) groups excluding carboxylic acids is 1. The van der Waals surface area contributed by atoms with Gasteiger partial charge in [0.1, 0.15) is 5.82 Å². The van der Waals surface area contributed by atoms with Crippen LogP contribution in [0.2, 0.25) is 0 Å². The summed E-state index contributed by atoms with van der Waals surface area (Å²) in [5.74, 6) is -0.225. The summed E-state index contributed by atoms with van der Waals surface area (Å²) in [7, 11) is 0. The van der Waals surface area contributed by atoms with E-state index in [1.165, 1.54) is 12.1 Å². The number of carbonyl (C=O) groups is 1. The number of ether oxygens (including phenoxy) is 1. The molecule has 1 amide bonds. The molecule has 5 heteroatoms. The molecule has 1 aliphatic rings. The molecule has 1 saturated heterocycles. The standard InChI is InChI=1S/C17H16FNO2S/c18-14-3-1-13(2-4-14)16-7-5-15(22-16)6-8-17(20)19-9-11-21-12-10-19/h1-8H,9-12H2/b8-6+. The maximum absolute atomic E-state index is 12.9. The molecule has 0 saturated carbocycles. The molecule has 3 rings (SSSR count). The summed E-state index contributed by atoms with van der Waals surface area (Å²) in [6.45, 7) is 2.50. The van der Waals surface area contributed by atoms with Gasteiger partial charge in [0.05, 0.1) is 13.2 Å². The van der Waals surface area contributed by atoms with Crippen LogP contribution < -0.4 is 0 Å². The molecule has 2 heterocycles. The molecule has 0 atom stereocenters. The fraction of sp³-hybridized carbons (Fsp3) is 0.235. The Morgan fingerprint density at radius 3 is 2.59 bits per heavy atom. The van der Waals surface area contributed by atoms with E-state index in [-0.39, 0.29) is 11.7 Å². The number of amides is 1. The van der Waals surface area contributed by atoms with E-state index in [0.29, 0.717) is 26.3 Å². The highest BCUT2D eigenvalue weighted by atomic mass is 32.1. The Morgan fingerprint density at radius 1 is 1.14 bits per heavy atom. The zero-order valence-electron chi connectivity index (χ0n) is 12.0. The molecule has 0 radical (unpaired) electrons. The molecule has 0 bridgehead atoms. The molecular formula is C17H16FNO2S. The van der Waals surface area contributed by atoms with E-state index in [0.717, 1.165) is 15.3 Å². The molecule has 1 aliphatic heterocycles. The minimum Gasteiger partial charge on any atom is -0.378 e. The zero-order chi connectivity index (χ0) is 15.4. The smallest absolute Gasteiger partial charge is 0.246 e. The van der Waals surface area contributed by atoms with Crippen LogP contribution in [0, 0.1) is 5.82 Å². The topological polar surface area (TPSA) is 29.5 Å². The maximum Gasteiger partial charge on any atom is 0.246 e. The summed E-state index contributed by atoms with van der Waals surface area (Å²) in [6.07, 6.45) is 3.43. The van der Waals surface area contributed by atoms with Crippen LogP contribution in [0.25, 0.3) is 16.5 Å². The van der Waals surface area contributed by atoms with Crippen LogP contribution in [-0.2, 0) is 9.53 Å². The van der Waals surface area contributed by atoms with Gasteiger partial charge in [0.15, 0.2) is 0 Å². The summed E-state index contributed by atoms with van der Waals surface area (Å²) in [4.78, 5) is 15.9. The maximum atomic E-state index is 12.9. The lowest BCUT2D eigenvalue weighted by atomic mass is 10.2. The van der Waals surface area contributed by atoms with Gasteiger partial charge in [-0.2, -0.15) is 0 Å². The number of thiophene rings is 1. The van der Waals surface area contributed by atoms with Crippen molar-refractivity contribution < 1.29 is 13.9 Å². The van der Waals surface area contributed by atoms with Crippen molar-refractivity contribution in [1.29, 1.82) is 0 Å². The Labute approximate surface area is 132 Å². The van der Waals surface area contributed by atoms with E-state index in [2.05, 4.69) is 0 Å². The fourth-order valence-corrected chi connectivity index (χ4v) is 3.17. The van der Waals surface area contributed by atoms with E-state index < -0.39 is 0 Å². The minimum atomic E-state index is -0.239. The third kappa shape index (κ3) is 3.61. The Morgan fingerprint density at radius 2 is 1.86 bits per heavy atom. The number of halogens is 1. The van der Waals surface area contributed by atoms with Crippen LogP contribution in [0.3, 0.4) is 0 Å². The summed E-state index contributed by atoms with van der Waals surface area (Å²) in [6, 6.07) is 10.4. The number of benzene rings is 1. The predicted molar refractivity (Wildman–Crippen MR) is 86.1 cm³/mol. The van der Waals surface area contributed by atoms with Crippen molar-refractivity contribution in [2.24, 2.45) is 0 Å². The first-order valence-corrected chi connectivity index (χ1v) is 7.94. The van der Waals surface area contributed by atoms with Gasteiger partial charge in [-0.3, -0.25) is 4.79 Å². The SMILES string of the molecule is O=C(/C=C/c1ccc(-c2ccc(F)cc2)s1)N1CCOCC1. The van der Waals surface area contributed by atoms with Crippen LogP contribution in [0.4, 0.5) is 4.39 Å². The quantitative estimate of drug-likeness (QED) is 0.812. The first kappa shape index (κ1) is 14.9. The van der Waals surface area contributed by atoms with Gasteiger partial charge in [0.25, 0.3) is 0 Å². The number of hydrogen-bond acceptors (Lipinski definition) is 3. The Bertz CT molecular complexity index is 672. The lowest BCUT2D eigenvalue weighted by Crippen LogP contribution is -2.39. The molecular weight excluding hydrogens is 301 g/mol. The summed E-state index contributed by atoms with van der Waals surface area (Å²) < 4.78 is 18.2. The third-order valence-electron chi connectivity index (χ3n) is 3.47.